The van der Waals surface area contributed by atoms with E-state index >= 15 is 0 Å². The number of hydrogen-bond donors (Lipinski definition) is 0. The first kappa shape index (κ1) is 17.8. The molecule has 0 radical (unpaired) electrons. The number of aryl methyl sites for hydroxylation is 1. The fourth-order valence-electron chi connectivity index (χ4n) is 2.51. The molecule has 0 N–H and O–H groups in total. The van der Waals surface area contributed by atoms with Crippen molar-refractivity contribution in [2.75, 3.05) is 13.6 Å². The van der Waals surface area contributed by atoms with Gasteiger partial charge in [0.05, 0.1) is 22.2 Å². The Bertz CT molecular complexity index is 601. The van der Waals surface area contributed by atoms with Gasteiger partial charge in [0.25, 0.3) is 0 Å². The molecule has 0 bridgehead atoms. The van der Waals surface area contributed by atoms with Crippen LogP contribution in [0.3, 0.4) is 0 Å². The van der Waals surface area contributed by atoms with Crippen LogP contribution >= 0.6 is 15.9 Å². The van der Waals surface area contributed by atoms with E-state index in [0.717, 1.165) is 48.1 Å². The maximum absolute atomic E-state index is 6.07. The van der Waals surface area contributed by atoms with Crippen molar-refractivity contribution < 1.29 is 4.74 Å². The minimum atomic E-state index is 0.198. The lowest BCUT2D eigenvalue weighted by Crippen LogP contribution is -2.24. The molecule has 1 aliphatic rings. The molecule has 1 aromatic rings. The van der Waals surface area contributed by atoms with Crippen molar-refractivity contribution >= 4 is 28.0 Å². The van der Waals surface area contributed by atoms with Gasteiger partial charge in [-0.15, -0.1) is 12.3 Å². The first-order valence-electron chi connectivity index (χ1n) is 8.07. The number of hydrogen-bond acceptors (Lipinski definition) is 3. The average Bonchev–Trinajstić information content (AvgIpc) is 2.57. The molecule has 0 amide bonds. The molecule has 0 spiro atoms. The van der Waals surface area contributed by atoms with E-state index in [1.54, 1.807) is 0 Å². The van der Waals surface area contributed by atoms with E-state index in [2.05, 4.69) is 38.8 Å². The highest BCUT2D eigenvalue weighted by molar-refractivity contribution is 9.10. The number of terminal acetylenes is 1. The molecular weight excluding hydrogens is 354 g/mol. The van der Waals surface area contributed by atoms with Gasteiger partial charge in [-0.05, 0) is 61.5 Å². The molecule has 1 saturated carbocycles. The minimum absolute atomic E-state index is 0.198. The number of nitrogens with zero attached hydrogens (tertiary/aromatic N) is 3. The van der Waals surface area contributed by atoms with Crippen LogP contribution in [0.4, 0.5) is 5.69 Å². The molecule has 5 heteroatoms. The molecule has 23 heavy (non-hydrogen) atoms. The van der Waals surface area contributed by atoms with E-state index in [4.69, 9.17) is 11.2 Å². The molecule has 1 heterocycles. The second kappa shape index (κ2) is 8.35. The van der Waals surface area contributed by atoms with Crippen LogP contribution in [0, 0.1) is 25.2 Å². The number of rotatable bonds is 5. The van der Waals surface area contributed by atoms with Gasteiger partial charge >= 0.3 is 0 Å². The van der Waals surface area contributed by atoms with Gasteiger partial charge in [-0.2, -0.15) is 0 Å². The van der Waals surface area contributed by atoms with Gasteiger partial charge in [-0.1, -0.05) is 0 Å². The van der Waals surface area contributed by atoms with E-state index in [0.29, 0.717) is 11.8 Å². The largest absolute Gasteiger partial charge is 0.474 e. The highest BCUT2D eigenvalue weighted by Gasteiger charge is 2.22. The first-order chi connectivity index (χ1) is 11.0. The van der Waals surface area contributed by atoms with Crippen LogP contribution in [0.1, 0.15) is 38.3 Å². The molecule has 4 nitrogen and oxygen atoms in total. The summed E-state index contributed by atoms with van der Waals surface area (Å²) in [6.07, 6.45) is 11.6. The summed E-state index contributed by atoms with van der Waals surface area (Å²) in [5.41, 5.74) is 1.71. The number of pyridine rings is 1. The van der Waals surface area contributed by atoms with Crippen molar-refractivity contribution in [1.82, 2.24) is 9.88 Å². The summed E-state index contributed by atoms with van der Waals surface area (Å²) < 4.78 is 6.91. The Morgan fingerprint density at radius 2 is 2.17 bits per heavy atom. The summed E-state index contributed by atoms with van der Waals surface area (Å²) in [4.78, 5) is 11.1. The van der Waals surface area contributed by atoms with Crippen molar-refractivity contribution in [3.63, 3.8) is 0 Å². The van der Waals surface area contributed by atoms with Crippen molar-refractivity contribution in [2.45, 2.75) is 45.6 Å². The Morgan fingerprint density at radius 3 is 2.78 bits per heavy atom. The van der Waals surface area contributed by atoms with Gasteiger partial charge in [0, 0.05) is 19.5 Å². The van der Waals surface area contributed by atoms with Gasteiger partial charge < -0.3 is 9.64 Å². The standard InChI is InChI=1S/C18H24BrN3O/c1-5-14-7-9-15(10-8-14)23-18-16(19)11-17(13(3)21-18)20-12-22(4)6-2/h1,11-12,14-15H,6-10H2,2-4H3/b20-12+. The van der Waals surface area contributed by atoms with Gasteiger partial charge in [0.2, 0.25) is 5.88 Å². The summed E-state index contributed by atoms with van der Waals surface area (Å²) >= 11 is 3.55. The van der Waals surface area contributed by atoms with Crippen LogP contribution in [0.5, 0.6) is 5.88 Å². The maximum atomic E-state index is 6.07. The third-order valence-electron chi connectivity index (χ3n) is 4.19. The van der Waals surface area contributed by atoms with Crippen LogP contribution in [-0.2, 0) is 0 Å². The molecule has 0 unspecified atom stereocenters. The maximum Gasteiger partial charge on any atom is 0.228 e. The average molecular weight is 378 g/mol. The summed E-state index contributed by atoms with van der Waals surface area (Å²) in [7, 11) is 1.99. The number of aliphatic imine (C=N–C) groups is 1. The monoisotopic (exact) mass is 377 g/mol. The Kier molecular flexibility index (Phi) is 6.47. The molecule has 1 aliphatic carbocycles. The molecule has 0 aliphatic heterocycles. The second-order valence-corrected chi connectivity index (χ2v) is 6.81. The van der Waals surface area contributed by atoms with Crippen LogP contribution in [0.25, 0.3) is 0 Å². The molecule has 1 fully saturated rings. The zero-order valence-electron chi connectivity index (χ0n) is 14.1. The van der Waals surface area contributed by atoms with Crippen LogP contribution in [0.15, 0.2) is 15.5 Å². The van der Waals surface area contributed by atoms with Gasteiger partial charge in [0.15, 0.2) is 0 Å². The van der Waals surface area contributed by atoms with Crippen molar-refractivity contribution in [1.29, 1.82) is 0 Å². The molecule has 0 saturated heterocycles. The number of ether oxygens (including phenoxy) is 1. The summed E-state index contributed by atoms with van der Waals surface area (Å²) in [5.74, 6) is 3.89. The molecular formula is C18H24BrN3O. The summed E-state index contributed by atoms with van der Waals surface area (Å²) in [6, 6.07) is 1.96. The number of halogens is 1. The third-order valence-corrected chi connectivity index (χ3v) is 4.76. The zero-order chi connectivity index (χ0) is 16.8. The van der Waals surface area contributed by atoms with E-state index in [1.165, 1.54) is 0 Å². The molecule has 124 valence electrons. The Morgan fingerprint density at radius 1 is 1.48 bits per heavy atom. The second-order valence-electron chi connectivity index (χ2n) is 5.96. The van der Waals surface area contributed by atoms with E-state index in [-0.39, 0.29) is 6.10 Å². The highest BCUT2D eigenvalue weighted by atomic mass is 79.9. The fraction of sp³-hybridized carbons (Fsp3) is 0.556. The van der Waals surface area contributed by atoms with E-state index < -0.39 is 0 Å². The Balaban J connectivity index is 2.05. The predicted octanol–water partition coefficient (Wildman–Crippen LogP) is 4.33. The predicted molar refractivity (Wildman–Crippen MR) is 98.3 cm³/mol. The van der Waals surface area contributed by atoms with E-state index in [9.17, 15) is 0 Å². The van der Waals surface area contributed by atoms with Crippen molar-refractivity contribution in [2.24, 2.45) is 10.9 Å². The molecule has 0 aromatic carbocycles. The quantitative estimate of drug-likeness (QED) is 0.435. The first-order valence-corrected chi connectivity index (χ1v) is 8.87. The molecule has 2 rings (SSSR count). The van der Waals surface area contributed by atoms with E-state index in [1.807, 2.05) is 31.3 Å². The lowest BCUT2D eigenvalue weighted by molar-refractivity contribution is 0.136. The zero-order valence-corrected chi connectivity index (χ0v) is 15.6. The third kappa shape index (κ3) is 4.97. The van der Waals surface area contributed by atoms with Crippen molar-refractivity contribution in [3.8, 4) is 18.2 Å². The Labute approximate surface area is 147 Å². The molecule has 1 aromatic heterocycles. The minimum Gasteiger partial charge on any atom is -0.474 e. The number of aromatic nitrogens is 1. The summed E-state index contributed by atoms with van der Waals surface area (Å²) in [5, 5.41) is 0. The fourth-order valence-corrected chi connectivity index (χ4v) is 2.91. The summed E-state index contributed by atoms with van der Waals surface area (Å²) in [6.45, 7) is 4.95. The highest BCUT2D eigenvalue weighted by Crippen LogP contribution is 2.33. The normalized spacial score (nSPS) is 21.2. The van der Waals surface area contributed by atoms with Gasteiger partial charge in [0.1, 0.15) is 6.10 Å². The molecule has 0 atom stereocenters. The topological polar surface area (TPSA) is 37.7 Å². The lowest BCUT2D eigenvalue weighted by Gasteiger charge is -2.26. The van der Waals surface area contributed by atoms with Crippen LogP contribution < -0.4 is 4.74 Å². The van der Waals surface area contributed by atoms with Crippen LogP contribution in [0.2, 0.25) is 0 Å². The smallest absolute Gasteiger partial charge is 0.228 e. The van der Waals surface area contributed by atoms with Crippen LogP contribution in [-0.4, -0.2) is 35.9 Å². The lowest BCUT2D eigenvalue weighted by atomic mass is 9.88. The van der Waals surface area contributed by atoms with Gasteiger partial charge in [-0.25, -0.2) is 9.98 Å². The SMILES string of the molecule is C#CC1CCC(Oc2nc(C)c(/N=C/N(C)CC)cc2Br)CC1. The Hall–Kier alpha value is -1.54. The van der Waals surface area contributed by atoms with Crippen molar-refractivity contribution in [3.05, 3.63) is 16.2 Å². The van der Waals surface area contributed by atoms with Gasteiger partial charge in [-0.3, -0.25) is 0 Å².